The Kier molecular flexibility index (Phi) is 3.53. The van der Waals surface area contributed by atoms with Crippen LogP contribution < -0.4 is 0 Å². The Morgan fingerprint density at radius 1 is 1.36 bits per heavy atom. The van der Waals surface area contributed by atoms with Gasteiger partial charge in [-0.2, -0.15) is 8.42 Å². The summed E-state index contributed by atoms with van der Waals surface area (Å²) >= 11 is 5.66. The lowest BCUT2D eigenvalue weighted by Gasteiger charge is -2.11. The van der Waals surface area contributed by atoms with Crippen LogP contribution in [0.1, 0.15) is 24.2 Å². The predicted octanol–water partition coefficient (Wildman–Crippen LogP) is 2.68. The first-order chi connectivity index (χ1) is 6.45. The fourth-order valence-corrected chi connectivity index (χ4v) is 2.34. The van der Waals surface area contributed by atoms with E-state index in [1.54, 1.807) is 31.2 Å². The molecular weight excluding hydrogens is 224 g/mol. The molecule has 1 N–H and O–H groups in total. The second kappa shape index (κ2) is 4.29. The summed E-state index contributed by atoms with van der Waals surface area (Å²) in [6.45, 7) is 1.70. The first-order valence-corrected chi connectivity index (χ1v) is 6.05. The Morgan fingerprint density at radius 3 is 2.21 bits per heavy atom. The van der Waals surface area contributed by atoms with Gasteiger partial charge in [0.05, 0.1) is 0 Å². The minimum Gasteiger partial charge on any atom is -0.285 e. The highest BCUT2D eigenvalue weighted by Gasteiger charge is 2.22. The van der Waals surface area contributed by atoms with Gasteiger partial charge in [0.1, 0.15) is 5.25 Å². The van der Waals surface area contributed by atoms with E-state index in [2.05, 4.69) is 0 Å². The fraction of sp³-hybridized carbons (Fsp3) is 0.333. The van der Waals surface area contributed by atoms with Gasteiger partial charge in [-0.25, -0.2) is 0 Å². The highest BCUT2D eigenvalue weighted by Crippen LogP contribution is 2.25. The van der Waals surface area contributed by atoms with Crippen LogP contribution in [-0.4, -0.2) is 13.0 Å². The molecule has 0 amide bonds. The van der Waals surface area contributed by atoms with E-state index in [0.717, 1.165) is 0 Å². The lowest BCUT2D eigenvalue weighted by Crippen LogP contribution is -2.10. The monoisotopic (exact) mass is 234 g/mol. The molecule has 78 valence electrons. The quantitative estimate of drug-likeness (QED) is 0.819. The maximum atomic E-state index is 11.0. The molecule has 3 nitrogen and oxygen atoms in total. The van der Waals surface area contributed by atoms with Crippen molar-refractivity contribution in [1.29, 1.82) is 0 Å². The summed E-state index contributed by atoms with van der Waals surface area (Å²) in [5.74, 6) is 0. The van der Waals surface area contributed by atoms with E-state index in [0.29, 0.717) is 17.0 Å². The molecule has 0 aliphatic rings. The summed E-state index contributed by atoms with van der Waals surface area (Å²) in [4.78, 5) is 0. The van der Waals surface area contributed by atoms with E-state index in [1.807, 2.05) is 0 Å². The van der Waals surface area contributed by atoms with E-state index < -0.39 is 15.4 Å². The van der Waals surface area contributed by atoms with Crippen molar-refractivity contribution >= 4 is 21.7 Å². The van der Waals surface area contributed by atoms with Gasteiger partial charge in [-0.3, -0.25) is 4.55 Å². The highest BCUT2D eigenvalue weighted by molar-refractivity contribution is 7.86. The molecule has 1 aromatic rings. The Balaban J connectivity index is 3.08. The maximum Gasteiger partial charge on any atom is 0.271 e. The molecule has 0 radical (unpaired) electrons. The average molecular weight is 235 g/mol. The third-order valence-corrected chi connectivity index (χ3v) is 3.55. The van der Waals surface area contributed by atoms with Crippen LogP contribution in [0.5, 0.6) is 0 Å². The molecule has 0 spiro atoms. The third kappa shape index (κ3) is 2.70. The molecular formula is C9H11ClO3S. The van der Waals surface area contributed by atoms with Crippen LogP contribution in [0.3, 0.4) is 0 Å². The van der Waals surface area contributed by atoms with Gasteiger partial charge in [-0.1, -0.05) is 30.7 Å². The zero-order chi connectivity index (χ0) is 10.8. The fourth-order valence-electron chi connectivity index (χ4n) is 1.30. The molecule has 1 aromatic carbocycles. The molecule has 0 aliphatic heterocycles. The largest absolute Gasteiger partial charge is 0.285 e. The van der Waals surface area contributed by atoms with Gasteiger partial charge in [0.25, 0.3) is 10.1 Å². The minimum atomic E-state index is -4.02. The van der Waals surface area contributed by atoms with Crippen molar-refractivity contribution in [2.24, 2.45) is 0 Å². The van der Waals surface area contributed by atoms with Gasteiger partial charge in [0.15, 0.2) is 0 Å². The lowest BCUT2D eigenvalue weighted by molar-refractivity contribution is 0.466. The van der Waals surface area contributed by atoms with E-state index in [1.165, 1.54) is 0 Å². The average Bonchev–Trinajstić information content (AvgIpc) is 2.07. The molecule has 1 rings (SSSR count). The van der Waals surface area contributed by atoms with Crippen LogP contribution in [-0.2, 0) is 10.1 Å². The van der Waals surface area contributed by atoms with Crippen molar-refractivity contribution < 1.29 is 13.0 Å². The van der Waals surface area contributed by atoms with Crippen molar-refractivity contribution in [3.8, 4) is 0 Å². The van der Waals surface area contributed by atoms with Crippen LogP contribution in [0.15, 0.2) is 24.3 Å². The number of hydrogen-bond donors (Lipinski definition) is 1. The van der Waals surface area contributed by atoms with E-state index >= 15 is 0 Å². The summed E-state index contributed by atoms with van der Waals surface area (Å²) < 4.78 is 30.9. The summed E-state index contributed by atoms with van der Waals surface area (Å²) in [7, 11) is -4.02. The molecule has 0 heterocycles. The second-order valence-corrected chi connectivity index (χ2v) is 5.00. The van der Waals surface area contributed by atoms with E-state index in [9.17, 15) is 8.42 Å². The Morgan fingerprint density at radius 2 is 1.86 bits per heavy atom. The zero-order valence-corrected chi connectivity index (χ0v) is 9.22. The first-order valence-electron chi connectivity index (χ1n) is 4.17. The normalized spacial score (nSPS) is 13.9. The smallest absolute Gasteiger partial charge is 0.271 e. The molecule has 0 aromatic heterocycles. The third-order valence-electron chi connectivity index (χ3n) is 1.97. The number of benzene rings is 1. The second-order valence-electron chi connectivity index (χ2n) is 2.96. The van der Waals surface area contributed by atoms with Crippen LogP contribution >= 0.6 is 11.6 Å². The molecule has 1 atom stereocenters. The molecule has 1 unspecified atom stereocenters. The summed E-state index contributed by atoms with van der Waals surface area (Å²) in [5, 5.41) is -0.321. The summed E-state index contributed by atoms with van der Waals surface area (Å²) in [5.41, 5.74) is 0.555. The van der Waals surface area contributed by atoms with Crippen LogP contribution in [0.25, 0.3) is 0 Å². The lowest BCUT2D eigenvalue weighted by atomic mass is 10.1. The SMILES string of the molecule is CCC(c1ccc(Cl)cc1)S(=O)(=O)O. The highest BCUT2D eigenvalue weighted by atomic mass is 35.5. The topological polar surface area (TPSA) is 54.4 Å². The standard InChI is InChI=1S/C9H11ClO3S/c1-2-9(14(11,12)13)7-3-5-8(10)6-4-7/h3-6,9H,2H2,1H3,(H,11,12,13). The van der Waals surface area contributed by atoms with Gasteiger partial charge in [-0.15, -0.1) is 0 Å². The number of rotatable bonds is 3. The van der Waals surface area contributed by atoms with Crippen LogP contribution in [0.4, 0.5) is 0 Å². The Hall–Kier alpha value is -0.580. The summed E-state index contributed by atoms with van der Waals surface area (Å²) in [6.07, 6.45) is 0.334. The Labute approximate surface area is 88.5 Å². The van der Waals surface area contributed by atoms with Gasteiger partial charge in [-0.05, 0) is 24.1 Å². The maximum absolute atomic E-state index is 11.0. The molecule has 0 bridgehead atoms. The van der Waals surface area contributed by atoms with Crippen molar-refractivity contribution in [3.63, 3.8) is 0 Å². The molecule has 0 saturated carbocycles. The molecule has 0 aliphatic carbocycles. The van der Waals surface area contributed by atoms with Gasteiger partial charge >= 0.3 is 0 Å². The molecule has 0 saturated heterocycles. The molecule has 14 heavy (non-hydrogen) atoms. The Bertz CT molecular complexity index is 397. The van der Waals surface area contributed by atoms with Gasteiger partial charge < -0.3 is 0 Å². The number of halogens is 1. The molecule has 0 fully saturated rings. The van der Waals surface area contributed by atoms with Crippen LogP contribution in [0, 0.1) is 0 Å². The van der Waals surface area contributed by atoms with Crippen LogP contribution in [0.2, 0.25) is 5.02 Å². The zero-order valence-electron chi connectivity index (χ0n) is 7.64. The predicted molar refractivity (Wildman–Crippen MR) is 56.0 cm³/mol. The van der Waals surface area contributed by atoms with Crippen molar-refractivity contribution in [2.75, 3.05) is 0 Å². The van der Waals surface area contributed by atoms with E-state index in [4.69, 9.17) is 16.2 Å². The van der Waals surface area contributed by atoms with Gasteiger partial charge in [0, 0.05) is 5.02 Å². The van der Waals surface area contributed by atoms with E-state index in [-0.39, 0.29) is 0 Å². The van der Waals surface area contributed by atoms with Crippen molar-refractivity contribution in [2.45, 2.75) is 18.6 Å². The first kappa shape index (κ1) is 11.5. The van der Waals surface area contributed by atoms with Crippen molar-refractivity contribution in [1.82, 2.24) is 0 Å². The molecule has 5 heteroatoms. The van der Waals surface area contributed by atoms with Gasteiger partial charge in [0.2, 0.25) is 0 Å². The minimum absolute atomic E-state index is 0.334. The number of hydrogen-bond acceptors (Lipinski definition) is 2. The van der Waals surface area contributed by atoms with Crippen molar-refractivity contribution in [3.05, 3.63) is 34.9 Å². The summed E-state index contributed by atoms with van der Waals surface area (Å²) in [6, 6.07) is 6.41.